The number of nitrogens with zero attached hydrogens (tertiary/aromatic N) is 2. The lowest BCUT2D eigenvalue weighted by atomic mass is 9.95. The number of hydrogen-bond acceptors (Lipinski definition) is 8. The summed E-state index contributed by atoms with van der Waals surface area (Å²) >= 11 is 0. The molecule has 1 N–H and O–H groups in total. The van der Waals surface area contributed by atoms with Crippen molar-refractivity contribution in [1.29, 1.82) is 0 Å². The standard InChI is InChI=1S/C27H28N2O7/c1-2-13-34-20-6-3-18(4-7-20)24-23(25(30)19-5-8-21-22(16-19)36-17-35-21)26(31)27(32)29(24)10-9-28-11-14-33-15-12-28/h2-8,16,24,30H,1,9-15,17H2. The van der Waals surface area contributed by atoms with E-state index in [1.807, 2.05) is 12.1 Å². The highest BCUT2D eigenvalue weighted by atomic mass is 16.7. The highest BCUT2D eigenvalue weighted by Gasteiger charge is 2.46. The van der Waals surface area contributed by atoms with Gasteiger partial charge < -0.3 is 29.0 Å². The van der Waals surface area contributed by atoms with Gasteiger partial charge in [-0.15, -0.1) is 0 Å². The van der Waals surface area contributed by atoms with Crippen LogP contribution in [0.4, 0.5) is 0 Å². The van der Waals surface area contributed by atoms with Gasteiger partial charge in [-0.3, -0.25) is 14.5 Å². The minimum absolute atomic E-state index is 0.0422. The quantitative estimate of drug-likeness (QED) is 0.260. The number of carbonyl (C=O) groups is 2. The minimum Gasteiger partial charge on any atom is -0.507 e. The van der Waals surface area contributed by atoms with Gasteiger partial charge in [0.15, 0.2) is 11.5 Å². The van der Waals surface area contributed by atoms with Crippen molar-refractivity contribution >= 4 is 17.4 Å². The molecule has 0 spiro atoms. The van der Waals surface area contributed by atoms with E-state index >= 15 is 0 Å². The number of likely N-dealkylation sites (tertiary alicyclic amines) is 1. The molecule has 2 fully saturated rings. The second kappa shape index (κ2) is 10.4. The SMILES string of the molecule is C=CCOc1ccc(C2C(=C(O)c3ccc4c(c3)OCO4)C(=O)C(=O)N2CCN2CCOCC2)cc1. The van der Waals surface area contributed by atoms with E-state index < -0.39 is 17.7 Å². The van der Waals surface area contributed by atoms with Crippen molar-refractivity contribution in [2.75, 3.05) is 52.8 Å². The summed E-state index contributed by atoms with van der Waals surface area (Å²) in [5.41, 5.74) is 1.12. The molecule has 2 aromatic carbocycles. The number of morpholine rings is 1. The summed E-state index contributed by atoms with van der Waals surface area (Å²) in [5, 5.41) is 11.3. The van der Waals surface area contributed by atoms with Crippen molar-refractivity contribution in [3.05, 3.63) is 71.8 Å². The molecule has 36 heavy (non-hydrogen) atoms. The molecule has 3 aliphatic heterocycles. The Kier molecular flexibility index (Phi) is 6.92. The molecule has 0 bridgehead atoms. The van der Waals surface area contributed by atoms with Crippen LogP contribution in [0.3, 0.4) is 0 Å². The average Bonchev–Trinajstić information content (AvgIpc) is 3.48. The van der Waals surface area contributed by atoms with Crippen LogP contribution in [-0.2, 0) is 14.3 Å². The van der Waals surface area contributed by atoms with Crippen molar-refractivity contribution in [1.82, 2.24) is 9.80 Å². The van der Waals surface area contributed by atoms with Crippen molar-refractivity contribution < 1.29 is 33.6 Å². The third-order valence-corrected chi connectivity index (χ3v) is 6.51. The van der Waals surface area contributed by atoms with Crippen LogP contribution in [0, 0.1) is 0 Å². The van der Waals surface area contributed by atoms with Crippen LogP contribution in [0.1, 0.15) is 17.2 Å². The number of fused-ring (bicyclic) bond motifs is 1. The molecule has 1 unspecified atom stereocenters. The zero-order chi connectivity index (χ0) is 25.1. The Balaban J connectivity index is 1.51. The van der Waals surface area contributed by atoms with E-state index in [1.54, 1.807) is 36.4 Å². The van der Waals surface area contributed by atoms with Crippen LogP contribution in [-0.4, -0.2) is 79.4 Å². The number of ketones is 1. The van der Waals surface area contributed by atoms with Crippen molar-refractivity contribution in [2.24, 2.45) is 0 Å². The van der Waals surface area contributed by atoms with E-state index in [-0.39, 0.29) is 18.1 Å². The van der Waals surface area contributed by atoms with Crippen LogP contribution >= 0.6 is 0 Å². The number of aliphatic hydroxyl groups excluding tert-OH is 1. The molecule has 9 heteroatoms. The molecule has 3 aliphatic rings. The molecule has 3 heterocycles. The monoisotopic (exact) mass is 492 g/mol. The number of amides is 1. The van der Waals surface area contributed by atoms with Gasteiger partial charge >= 0.3 is 0 Å². The van der Waals surface area contributed by atoms with Crippen LogP contribution in [0.5, 0.6) is 17.2 Å². The van der Waals surface area contributed by atoms with E-state index in [0.717, 1.165) is 13.1 Å². The van der Waals surface area contributed by atoms with Crippen LogP contribution in [0.15, 0.2) is 60.7 Å². The fourth-order valence-corrected chi connectivity index (χ4v) is 4.63. The van der Waals surface area contributed by atoms with Gasteiger partial charge in [-0.25, -0.2) is 0 Å². The molecule has 2 aromatic rings. The van der Waals surface area contributed by atoms with E-state index in [2.05, 4.69) is 11.5 Å². The third kappa shape index (κ3) is 4.67. The van der Waals surface area contributed by atoms with Gasteiger partial charge in [0, 0.05) is 31.7 Å². The first-order valence-corrected chi connectivity index (χ1v) is 11.9. The normalized spacial score (nSPS) is 21.1. The van der Waals surface area contributed by atoms with Gasteiger partial charge in [-0.2, -0.15) is 0 Å². The Labute approximate surface area is 209 Å². The highest BCUT2D eigenvalue weighted by molar-refractivity contribution is 6.46. The van der Waals surface area contributed by atoms with Crippen LogP contribution in [0.2, 0.25) is 0 Å². The average molecular weight is 493 g/mol. The first-order valence-electron chi connectivity index (χ1n) is 11.9. The lowest BCUT2D eigenvalue weighted by Gasteiger charge is -2.31. The smallest absolute Gasteiger partial charge is 0.295 e. The lowest BCUT2D eigenvalue weighted by molar-refractivity contribution is -0.140. The maximum absolute atomic E-state index is 13.3. The van der Waals surface area contributed by atoms with E-state index in [1.165, 1.54) is 4.90 Å². The molecule has 5 rings (SSSR count). The van der Waals surface area contributed by atoms with Gasteiger partial charge in [0.25, 0.3) is 11.7 Å². The summed E-state index contributed by atoms with van der Waals surface area (Å²) in [6.45, 7) is 7.84. The molecule has 2 saturated heterocycles. The van der Waals surface area contributed by atoms with E-state index in [9.17, 15) is 14.7 Å². The number of aliphatic hydroxyl groups is 1. The minimum atomic E-state index is -0.745. The zero-order valence-electron chi connectivity index (χ0n) is 19.9. The van der Waals surface area contributed by atoms with Gasteiger partial charge in [0.2, 0.25) is 6.79 Å². The molecule has 188 valence electrons. The Hall–Kier alpha value is -3.82. The summed E-state index contributed by atoms with van der Waals surface area (Å²) in [5.74, 6) is 0.0638. The van der Waals surface area contributed by atoms with E-state index in [4.69, 9.17) is 18.9 Å². The summed E-state index contributed by atoms with van der Waals surface area (Å²) in [7, 11) is 0. The summed E-state index contributed by atoms with van der Waals surface area (Å²) in [4.78, 5) is 30.2. The second-order valence-electron chi connectivity index (χ2n) is 8.68. The van der Waals surface area contributed by atoms with Gasteiger partial charge in [0.05, 0.1) is 24.8 Å². The number of hydrogen-bond donors (Lipinski definition) is 1. The Morgan fingerprint density at radius 3 is 2.56 bits per heavy atom. The fraction of sp³-hybridized carbons (Fsp3) is 0.333. The molecule has 1 atom stereocenters. The van der Waals surface area contributed by atoms with Crippen molar-refractivity contribution in [3.8, 4) is 17.2 Å². The molecule has 0 aliphatic carbocycles. The summed E-state index contributed by atoms with van der Waals surface area (Å²) in [6, 6.07) is 11.4. The Morgan fingerprint density at radius 1 is 1.06 bits per heavy atom. The lowest BCUT2D eigenvalue weighted by Crippen LogP contribution is -2.42. The molecule has 9 nitrogen and oxygen atoms in total. The zero-order valence-corrected chi connectivity index (χ0v) is 19.9. The Bertz CT molecular complexity index is 1190. The third-order valence-electron chi connectivity index (χ3n) is 6.51. The fourth-order valence-electron chi connectivity index (χ4n) is 4.63. The number of carbonyl (C=O) groups excluding carboxylic acids is 2. The predicted octanol–water partition coefficient (Wildman–Crippen LogP) is 2.73. The number of Topliss-reactive ketones (excluding diaryl/α,β-unsaturated/α-hetero) is 1. The summed E-state index contributed by atoms with van der Waals surface area (Å²) < 4.78 is 21.8. The van der Waals surface area contributed by atoms with Crippen LogP contribution in [0.25, 0.3) is 5.76 Å². The molecular weight excluding hydrogens is 464 g/mol. The van der Waals surface area contributed by atoms with Gasteiger partial charge in [0.1, 0.15) is 18.1 Å². The molecule has 0 radical (unpaired) electrons. The molecular formula is C27H28N2O7. The summed E-state index contributed by atoms with van der Waals surface area (Å²) in [6.07, 6.45) is 1.65. The largest absolute Gasteiger partial charge is 0.507 e. The van der Waals surface area contributed by atoms with Crippen LogP contribution < -0.4 is 14.2 Å². The topological polar surface area (TPSA) is 97.8 Å². The number of ether oxygens (including phenoxy) is 4. The number of rotatable bonds is 8. The molecule has 1 amide bonds. The van der Waals surface area contributed by atoms with Crippen molar-refractivity contribution in [2.45, 2.75) is 6.04 Å². The number of benzene rings is 2. The first-order chi connectivity index (χ1) is 17.6. The molecule has 0 saturated carbocycles. The Morgan fingerprint density at radius 2 is 1.81 bits per heavy atom. The first kappa shape index (κ1) is 23.9. The van der Waals surface area contributed by atoms with Crippen molar-refractivity contribution in [3.63, 3.8) is 0 Å². The predicted molar refractivity (Wildman–Crippen MR) is 131 cm³/mol. The van der Waals surface area contributed by atoms with E-state index in [0.29, 0.717) is 61.3 Å². The van der Waals surface area contributed by atoms with Gasteiger partial charge in [-0.1, -0.05) is 24.8 Å². The second-order valence-corrected chi connectivity index (χ2v) is 8.68. The molecule has 0 aromatic heterocycles. The maximum Gasteiger partial charge on any atom is 0.295 e. The highest BCUT2D eigenvalue weighted by Crippen LogP contribution is 2.41. The van der Waals surface area contributed by atoms with Gasteiger partial charge in [-0.05, 0) is 35.9 Å². The maximum atomic E-state index is 13.3.